The van der Waals surface area contributed by atoms with Crippen LogP contribution in [-0.4, -0.2) is 44.6 Å². The summed E-state index contributed by atoms with van der Waals surface area (Å²) in [5.41, 5.74) is 3.06. The maximum Gasteiger partial charge on any atom is 0.348 e. The van der Waals surface area contributed by atoms with Gasteiger partial charge in [0.15, 0.2) is 5.65 Å². The molecule has 1 fully saturated rings. The molecule has 5 rings (SSSR count). The first kappa shape index (κ1) is 25.0. The van der Waals surface area contributed by atoms with Gasteiger partial charge in [0.2, 0.25) is 5.91 Å². The number of thiophene rings is 1. The van der Waals surface area contributed by atoms with Crippen molar-refractivity contribution >= 4 is 34.5 Å². The predicted molar refractivity (Wildman–Crippen MR) is 138 cm³/mol. The number of benzene rings is 1. The smallest absolute Gasteiger partial charge is 0.348 e. The van der Waals surface area contributed by atoms with E-state index in [1.165, 1.54) is 0 Å². The number of carboxylic acid groups (broad SMARTS) is 1. The Bertz CT molecular complexity index is 1390. The molecular formula is C27H26F2N4O3S. The molecule has 4 aromatic rings. The number of rotatable bonds is 7. The first-order valence-electron chi connectivity index (χ1n) is 12.2. The highest BCUT2D eigenvalue weighted by Crippen LogP contribution is 2.39. The van der Waals surface area contributed by atoms with Crippen molar-refractivity contribution in [1.82, 2.24) is 14.6 Å². The van der Waals surface area contributed by atoms with Gasteiger partial charge in [-0.15, -0.1) is 11.3 Å². The Morgan fingerprint density at radius 1 is 1.14 bits per heavy atom. The third-order valence-corrected chi connectivity index (χ3v) is 8.01. The van der Waals surface area contributed by atoms with E-state index in [1.807, 2.05) is 30.3 Å². The molecule has 0 bridgehead atoms. The molecule has 0 spiro atoms. The molecule has 0 radical (unpaired) electrons. The van der Waals surface area contributed by atoms with Crippen LogP contribution in [0.25, 0.3) is 27.3 Å². The molecule has 192 valence electrons. The molecule has 3 heterocycles. The monoisotopic (exact) mass is 524 g/mol. The number of hydrogen-bond acceptors (Lipinski definition) is 5. The van der Waals surface area contributed by atoms with Gasteiger partial charge in [0.25, 0.3) is 6.43 Å². The molecule has 0 saturated heterocycles. The minimum absolute atomic E-state index is 0.0342. The van der Waals surface area contributed by atoms with Crippen molar-refractivity contribution in [3.63, 3.8) is 0 Å². The van der Waals surface area contributed by atoms with Crippen molar-refractivity contribution in [2.75, 3.05) is 11.4 Å². The topological polar surface area (TPSA) is 87.8 Å². The highest BCUT2D eigenvalue weighted by molar-refractivity contribution is 7.18. The molecule has 1 amide bonds. The van der Waals surface area contributed by atoms with Gasteiger partial charge < -0.3 is 10.0 Å². The number of alkyl halides is 2. The number of hydrogen-bond donors (Lipinski definition) is 1. The van der Waals surface area contributed by atoms with Gasteiger partial charge >= 0.3 is 5.97 Å². The summed E-state index contributed by atoms with van der Waals surface area (Å²) in [6.45, 7) is 1.28. The standard InChI is InChI=1S/C27H26F2N4O3S/c1-16-3-5-19(6-4-16)26(34)32(15-23(28)29)21-14-22(37-25(21)27(35)36)18-9-7-17(8-10-18)20-13-24-30-11-2-12-33(24)31-20/h2,7-14,16,19,23H,3-6,15H2,1H3,(H,35,36)/t16-,19-. The number of carboxylic acids is 1. The summed E-state index contributed by atoms with van der Waals surface area (Å²) in [5.74, 6) is -1.55. The van der Waals surface area contributed by atoms with Crippen LogP contribution < -0.4 is 4.90 Å². The van der Waals surface area contributed by atoms with E-state index in [9.17, 15) is 23.5 Å². The van der Waals surface area contributed by atoms with Crippen LogP contribution >= 0.6 is 11.3 Å². The van der Waals surface area contributed by atoms with Crippen molar-refractivity contribution in [2.24, 2.45) is 11.8 Å². The normalized spacial score (nSPS) is 17.8. The lowest BCUT2D eigenvalue weighted by molar-refractivity contribution is -0.124. The maximum atomic E-state index is 13.6. The Hall–Kier alpha value is -3.66. The summed E-state index contributed by atoms with van der Waals surface area (Å²) in [5, 5.41) is 14.4. The lowest BCUT2D eigenvalue weighted by Crippen LogP contribution is -2.41. The largest absolute Gasteiger partial charge is 0.477 e. The number of fused-ring (bicyclic) bond motifs is 1. The second-order valence-electron chi connectivity index (χ2n) is 9.46. The van der Waals surface area contributed by atoms with E-state index in [1.54, 1.807) is 29.0 Å². The lowest BCUT2D eigenvalue weighted by atomic mass is 9.82. The van der Waals surface area contributed by atoms with E-state index in [-0.39, 0.29) is 16.5 Å². The third kappa shape index (κ3) is 5.24. The molecule has 0 atom stereocenters. The van der Waals surface area contributed by atoms with Crippen molar-refractivity contribution < 1.29 is 23.5 Å². The quantitative estimate of drug-likeness (QED) is 0.309. The molecule has 37 heavy (non-hydrogen) atoms. The van der Waals surface area contributed by atoms with Gasteiger partial charge in [0.05, 0.1) is 17.9 Å². The van der Waals surface area contributed by atoms with Crippen LogP contribution in [0.1, 0.15) is 42.3 Å². The number of carbonyl (C=O) groups excluding carboxylic acids is 1. The molecular weight excluding hydrogens is 498 g/mol. The van der Waals surface area contributed by atoms with Gasteiger partial charge in [-0.25, -0.2) is 23.1 Å². The van der Waals surface area contributed by atoms with Crippen LogP contribution in [0, 0.1) is 11.8 Å². The third-order valence-electron chi connectivity index (χ3n) is 6.85. The number of amides is 1. The van der Waals surface area contributed by atoms with E-state index in [0.717, 1.165) is 45.9 Å². The van der Waals surface area contributed by atoms with Crippen LogP contribution in [0.5, 0.6) is 0 Å². The minimum Gasteiger partial charge on any atom is -0.477 e. The Labute approximate surface area is 216 Å². The number of carbonyl (C=O) groups is 2. The van der Waals surface area contributed by atoms with Crippen LogP contribution in [0.2, 0.25) is 0 Å². The number of aromatic carboxylic acids is 1. The van der Waals surface area contributed by atoms with Gasteiger partial charge in [-0.1, -0.05) is 31.2 Å². The Kier molecular flexibility index (Phi) is 7.01. The van der Waals surface area contributed by atoms with E-state index in [4.69, 9.17) is 0 Å². The van der Waals surface area contributed by atoms with Gasteiger partial charge in [0, 0.05) is 34.8 Å². The van der Waals surface area contributed by atoms with Crippen LogP contribution in [0.15, 0.2) is 54.9 Å². The average Bonchev–Trinajstić information content (AvgIpc) is 3.52. The van der Waals surface area contributed by atoms with Crippen molar-refractivity contribution in [1.29, 1.82) is 0 Å². The number of nitrogens with zero attached hydrogens (tertiary/aromatic N) is 4. The highest BCUT2D eigenvalue weighted by Gasteiger charge is 2.33. The lowest BCUT2D eigenvalue weighted by Gasteiger charge is -2.31. The SMILES string of the molecule is C[C@H]1CC[C@H](C(=O)N(CC(F)F)c2cc(-c3ccc(-c4cc5ncccn5n4)cc3)sc2C(=O)O)CC1. The van der Waals surface area contributed by atoms with Crippen LogP contribution in [-0.2, 0) is 4.79 Å². The number of aromatic nitrogens is 3. The molecule has 1 aromatic carbocycles. The molecule has 10 heteroatoms. The first-order valence-corrected chi connectivity index (χ1v) is 13.0. The number of anilines is 1. The summed E-state index contributed by atoms with van der Waals surface area (Å²) >= 11 is 0.978. The fourth-order valence-electron chi connectivity index (χ4n) is 4.83. The maximum absolute atomic E-state index is 13.6. The van der Waals surface area contributed by atoms with Gasteiger partial charge in [0.1, 0.15) is 4.88 Å². The Morgan fingerprint density at radius 3 is 2.49 bits per heavy atom. The number of halogens is 2. The van der Waals surface area contributed by atoms with E-state index in [0.29, 0.717) is 29.3 Å². The van der Waals surface area contributed by atoms with Gasteiger partial charge in [-0.05, 0) is 49.3 Å². The van der Waals surface area contributed by atoms with E-state index < -0.39 is 24.8 Å². The minimum atomic E-state index is -2.78. The van der Waals surface area contributed by atoms with Gasteiger partial charge in [-0.3, -0.25) is 4.79 Å². The van der Waals surface area contributed by atoms with E-state index in [2.05, 4.69) is 17.0 Å². The second kappa shape index (κ2) is 10.4. The van der Waals surface area contributed by atoms with Gasteiger partial charge in [-0.2, -0.15) is 5.10 Å². The van der Waals surface area contributed by atoms with Crippen molar-refractivity contribution in [2.45, 2.75) is 39.0 Å². The van der Waals surface area contributed by atoms with Crippen LogP contribution in [0.3, 0.4) is 0 Å². The second-order valence-corrected chi connectivity index (χ2v) is 10.5. The first-order chi connectivity index (χ1) is 17.8. The van der Waals surface area contributed by atoms with Crippen molar-refractivity contribution in [3.05, 3.63) is 59.7 Å². The predicted octanol–water partition coefficient (Wildman–Crippen LogP) is 6.25. The fraction of sp³-hybridized carbons (Fsp3) is 0.333. The summed E-state index contributed by atoms with van der Waals surface area (Å²) in [6.07, 6.45) is 3.67. The molecule has 1 aliphatic rings. The zero-order chi connectivity index (χ0) is 26.1. The molecule has 0 aliphatic heterocycles. The molecule has 1 N–H and O–H groups in total. The zero-order valence-corrected chi connectivity index (χ0v) is 21.0. The molecule has 0 unspecified atom stereocenters. The van der Waals surface area contributed by atoms with Crippen LogP contribution in [0.4, 0.5) is 14.5 Å². The Balaban J connectivity index is 1.46. The molecule has 1 saturated carbocycles. The highest BCUT2D eigenvalue weighted by atomic mass is 32.1. The Morgan fingerprint density at radius 2 is 1.84 bits per heavy atom. The summed E-state index contributed by atoms with van der Waals surface area (Å²) in [6, 6.07) is 12.6. The zero-order valence-electron chi connectivity index (χ0n) is 20.2. The average molecular weight is 525 g/mol. The molecule has 3 aromatic heterocycles. The summed E-state index contributed by atoms with van der Waals surface area (Å²) < 4.78 is 28.8. The van der Waals surface area contributed by atoms with Crippen molar-refractivity contribution in [3.8, 4) is 21.7 Å². The summed E-state index contributed by atoms with van der Waals surface area (Å²) in [4.78, 5) is 31.1. The fourth-order valence-corrected chi connectivity index (χ4v) is 5.83. The molecule has 1 aliphatic carbocycles. The molecule has 7 nitrogen and oxygen atoms in total. The van der Waals surface area contributed by atoms with E-state index >= 15 is 0 Å². The summed E-state index contributed by atoms with van der Waals surface area (Å²) in [7, 11) is 0.